The Morgan fingerprint density at radius 3 is 2.57 bits per heavy atom. The molecule has 0 bridgehead atoms. The molecule has 21 heavy (non-hydrogen) atoms. The number of hydrogen-bond donors (Lipinski definition) is 1. The fourth-order valence-electron chi connectivity index (χ4n) is 2.60. The SMILES string of the molecule is COC(c1ccc(C2=CCN(SC)CC2)cc1)C(N)CF. The minimum atomic E-state index is -0.620. The summed E-state index contributed by atoms with van der Waals surface area (Å²) in [6.45, 7) is 1.46. The molecule has 0 fully saturated rings. The van der Waals surface area contributed by atoms with Gasteiger partial charge in [-0.05, 0) is 29.4 Å². The van der Waals surface area contributed by atoms with Crippen LogP contribution in [0.2, 0.25) is 0 Å². The van der Waals surface area contributed by atoms with Crippen LogP contribution >= 0.6 is 11.9 Å². The molecule has 5 heteroatoms. The van der Waals surface area contributed by atoms with E-state index in [1.807, 2.05) is 12.1 Å². The third-order valence-electron chi connectivity index (χ3n) is 3.86. The Kier molecular flexibility index (Phi) is 6.23. The highest BCUT2D eigenvalue weighted by atomic mass is 32.2. The summed E-state index contributed by atoms with van der Waals surface area (Å²) in [5, 5.41) is 0. The summed E-state index contributed by atoms with van der Waals surface area (Å²) in [5.41, 5.74) is 9.27. The number of ether oxygens (including phenoxy) is 1. The van der Waals surface area contributed by atoms with Crippen molar-refractivity contribution >= 4 is 17.5 Å². The molecule has 1 aliphatic rings. The Hall–Kier alpha value is -0.880. The number of nitrogens with two attached hydrogens (primary N) is 1. The summed E-state index contributed by atoms with van der Waals surface area (Å²) in [6.07, 6.45) is 5.04. The first-order valence-electron chi connectivity index (χ1n) is 7.12. The topological polar surface area (TPSA) is 38.5 Å². The van der Waals surface area contributed by atoms with Gasteiger partial charge in [0.1, 0.15) is 6.67 Å². The highest BCUT2D eigenvalue weighted by Crippen LogP contribution is 2.27. The molecule has 0 saturated carbocycles. The molecule has 1 heterocycles. The van der Waals surface area contributed by atoms with Gasteiger partial charge in [-0.25, -0.2) is 8.70 Å². The lowest BCUT2D eigenvalue weighted by molar-refractivity contribution is 0.0721. The zero-order valence-electron chi connectivity index (χ0n) is 12.6. The van der Waals surface area contributed by atoms with Gasteiger partial charge in [-0.2, -0.15) is 0 Å². The molecule has 2 atom stereocenters. The predicted molar refractivity (Wildman–Crippen MR) is 87.8 cm³/mol. The second-order valence-corrected chi connectivity index (χ2v) is 6.03. The van der Waals surface area contributed by atoms with E-state index in [1.54, 1.807) is 19.1 Å². The Morgan fingerprint density at radius 1 is 1.38 bits per heavy atom. The van der Waals surface area contributed by atoms with E-state index >= 15 is 0 Å². The Balaban J connectivity index is 2.10. The standard InChI is InChI=1S/C16H23FN2OS/c1-20-16(15(18)11-17)14-5-3-12(4-6-14)13-7-9-19(21-2)10-8-13/h3-7,15-16H,8-11,18H2,1-2H3. The maximum absolute atomic E-state index is 12.7. The number of rotatable bonds is 6. The number of halogens is 1. The maximum atomic E-state index is 12.7. The molecule has 1 aromatic carbocycles. The smallest absolute Gasteiger partial charge is 0.107 e. The first-order chi connectivity index (χ1) is 10.2. The monoisotopic (exact) mass is 310 g/mol. The first-order valence-corrected chi connectivity index (χ1v) is 8.30. The van der Waals surface area contributed by atoms with Crippen LogP contribution in [0.25, 0.3) is 5.57 Å². The average Bonchev–Trinajstić information content (AvgIpc) is 2.56. The van der Waals surface area contributed by atoms with E-state index in [0.29, 0.717) is 0 Å². The van der Waals surface area contributed by atoms with Gasteiger partial charge in [-0.15, -0.1) is 0 Å². The number of hydrogen-bond acceptors (Lipinski definition) is 4. The third-order valence-corrected chi connectivity index (χ3v) is 4.71. The molecule has 2 unspecified atom stereocenters. The maximum Gasteiger partial charge on any atom is 0.107 e. The Bertz CT molecular complexity index is 478. The molecule has 1 aromatic rings. The van der Waals surface area contributed by atoms with E-state index in [9.17, 15) is 4.39 Å². The van der Waals surface area contributed by atoms with Crippen LogP contribution in [0.1, 0.15) is 23.7 Å². The van der Waals surface area contributed by atoms with Crippen molar-refractivity contribution in [3.63, 3.8) is 0 Å². The molecule has 3 nitrogen and oxygen atoms in total. The van der Waals surface area contributed by atoms with Crippen molar-refractivity contribution in [2.24, 2.45) is 5.73 Å². The quantitative estimate of drug-likeness (QED) is 0.820. The lowest BCUT2D eigenvalue weighted by Crippen LogP contribution is -2.31. The van der Waals surface area contributed by atoms with Crippen molar-refractivity contribution in [2.75, 3.05) is 33.1 Å². The van der Waals surface area contributed by atoms with Crippen LogP contribution in [0, 0.1) is 0 Å². The minimum Gasteiger partial charge on any atom is -0.375 e. The van der Waals surface area contributed by atoms with Gasteiger partial charge >= 0.3 is 0 Å². The van der Waals surface area contributed by atoms with Crippen molar-refractivity contribution in [1.29, 1.82) is 0 Å². The fourth-order valence-corrected chi connectivity index (χ4v) is 3.10. The lowest BCUT2D eigenvalue weighted by atomic mass is 9.96. The van der Waals surface area contributed by atoms with E-state index in [4.69, 9.17) is 10.5 Å². The third kappa shape index (κ3) is 4.07. The Morgan fingerprint density at radius 2 is 2.10 bits per heavy atom. The van der Waals surface area contributed by atoms with Crippen LogP contribution in [-0.2, 0) is 4.74 Å². The van der Waals surface area contributed by atoms with Crippen molar-refractivity contribution in [1.82, 2.24) is 4.31 Å². The number of alkyl halides is 1. The molecule has 0 aromatic heterocycles. The van der Waals surface area contributed by atoms with E-state index in [1.165, 1.54) is 11.1 Å². The van der Waals surface area contributed by atoms with E-state index in [-0.39, 0.29) is 0 Å². The minimum absolute atomic E-state index is 0.392. The lowest BCUT2D eigenvalue weighted by Gasteiger charge is -2.24. The first kappa shape index (κ1) is 16.5. The van der Waals surface area contributed by atoms with Gasteiger partial charge < -0.3 is 10.5 Å². The summed E-state index contributed by atoms with van der Waals surface area (Å²) < 4.78 is 20.4. The summed E-state index contributed by atoms with van der Waals surface area (Å²) in [4.78, 5) is 0. The van der Waals surface area contributed by atoms with Crippen molar-refractivity contribution in [3.05, 3.63) is 41.5 Å². The van der Waals surface area contributed by atoms with Crippen LogP contribution in [0.3, 0.4) is 0 Å². The molecule has 0 radical (unpaired) electrons. The van der Waals surface area contributed by atoms with Gasteiger partial charge in [0.05, 0.1) is 12.1 Å². The van der Waals surface area contributed by atoms with Crippen molar-refractivity contribution in [2.45, 2.75) is 18.6 Å². The second-order valence-electron chi connectivity index (χ2n) is 5.15. The summed E-state index contributed by atoms with van der Waals surface area (Å²) in [5.74, 6) is 0. The van der Waals surface area contributed by atoms with Gasteiger partial charge in [0, 0.05) is 20.2 Å². The molecule has 0 aliphatic carbocycles. The van der Waals surface area contributed by atoms with E-state index in [0.717, 1.165) is 25.1 Å². The zero-order chi connectivity index (χ0) is 15.2. The molecule has 0 spiro atoms. The van der Waals surface area contributed by atoms with Crippen LogP contribution in [-0.4, -0.2) is 43.5 Å². The van der Waals surface area contributed by atoms with Gasteiger partial charge in [0.15, 0.2) is 0 Å². The van der Waals surface area contributed by atoms with Crippen LogP contribution in [0.5, 0.6) is 0 Å². The molecule has 2 rings (SSSR count). The number of nitrogens with zero attached hydrogens (tertiary/aromatic N) is 1. The molecule has 116 valence electrons. The van der Waals surface area contributed by atoms with Crippen molar-refractivity contribution < 1.29 is 9.13 Å². The van der Waals surface area contributed by atoms with Crippen LogP contribution in [0.15, 0.2) is 30.3 Å². The average molecular weight is 310 g/mol. The largest absolute Gasteiger partial charge is 0.375 e. The summed E-state index contributed by atoms with van der Waals surface area (Å²) in [6, 6.07) is 7.51. The van der Waals surface area contributed by atoms with E-state index in [2.05, 4.69) is 28.8 Å². The molecular formula is C16H23FN2OS. The van der Waals surface area contributed by atoms with Gasteiger partial charge in [0.25, 0.3) is 0 Å². The number of methoxy groups -OCH3 is 1. The summed E-state index contributed by atoms with van der Waals surface area (Å²) >= 11 is 1.78. The molecule has 1 aliphatic heterocycles. The molecular weight excluding hydrogens is 287 g/mol. The van der Waals surface area contributed by atoms with Crippen LogP contribution < -0.4 is 5.73 Å². The molecule has 0 saturated heterocycles. The molecule has 0 amide bonds. The second kappa shape index (κ2) is 7.94. The van der Waals surface area contributed by atoms with Gasteiger partial charge in [-0.1, -0.05) is 42.3 Å². The molecule has 2 N–H and O–H groups in total. The summed E-state index contributed by atoms with van der Waals surface area (Å²) in [7, 11) is 1.56. The number of benzene rings is 1. The van der Waals surface area contributed by atoms with Crippen molar-refractivity contribution in [3.8, 4) is 0 Å². The Labute approximate surface area is 130 Å². The van der Waals surface area contributed by atoms with Gasteiger partial charge in [0.2, 0.25) is 0 Å². The van der Waals surface area contributed by atoms with E-state index < -0.39 is 18.8 Å². The highest BCUT2D eigenvalue weighted by Gasteiger charge is 2.19. The highest BCUT2D eigenvalue weighted by molar-refractivity contribution is 7.96. The van der Waals surface area contributed by atoms with Gasteiger partial charge in [-0.3, -0.25) is 0 Å². The van der Waals surface area contributed by atoms with Crippen LogP contribution in [0.4, 0.5) is 4.39 Å². The normalized spacial score (nSPS) is 19.1. The predicted octanol–water partition coefficient (Wildman–Crippen LogP) is 3.04. The zero-order valence-corrected chi connectivity index (χ0v) is 13.4. The fraction of sp³-hybridized carbons (Fsp3) is 0.500.